The van der Waals surface area contributed by atoms with Gasteiger partial charge in [-0.2, -0.15) is 0 Å². The van der Waals surface area contributed by atoms with Gasteiger partial charge < -0.3 is 24.6 Å². The highest BCUT2D eigenvalue weighted by Crippen LogP contribution is 2.29. The topological polar surface area (TPSA) is 111 Å². The van der Waals surface area contributed by atoms with Crippen LogP contribution in [-0.2, 0) is 28.6 Å². The van der Waals surface area contributed by atoms with Crippen molar-refractivity contribution in [2.45, 2.75) is 85.3 Å². The van der Waals surface area contributed by atoms with Crippen LogP contribution in [-0.4, -0.2) is 60.0 Å². The molecule has 1 saturated heterocycles. The van der Waals surface area contributed by atoms with Crippen molar-refractivity contribution >= 4 is 17.8 Å². The lowest BCUT2D eigenvalue weighted by atomic mass is 9.90. The fourth-order valence-corrected chi connectivity index (χ4v) is 2.76. The highest BCUT2D eigenvalue weighted by atomic mass is 16.6. The van der Waals surface area contributed by atoms with Crippen LogP contribution in [0.3, 0.4) is 0 Å². The summed E-state index contributed by atoms with van der Waals surface area (Å²) in [6.45, 7) is 15.0. The van der Waals surface area contributed by atoms with Crippen molar-refractivity contribution < 1.29 is 33.7 Å². The molecular weight excluding hydrogens is 378 g/mol. The number of amides is 1. The zero-order chi connectivity index (χ0) is 22.6. The van der Waals surface area contributed by atoms with Crippen LogP contribution in [0, 0.1) is 10.8 Å². The standard InChI is InChI=1S/C21H35NO7/c1-9-10-13-15(22-12(2)23)17(29-19(26)21(6,7)8)16(24)14(28-13)11-27-18(25)20(3,4)5/h9,13-17,24H,1,10-11H2,2-8H3,(H,22,23)/t13-,14-,15+,16-,17-/m1/s1. The average molecular weight is 414 g/mol. The van der Waals surface area contributed by atoms with Crippen LogP contribution in [0.15, 0.2) is 12.7 Å². The number of rotatable bonds is 6. The lowest BCUT2D eigenvalue weighted by molar-refractivity contribution is -0.218. The first-order chi connectivity index (χ1) is 13.2. The van der Waals surface area contributed by atoms with E-state index >= 15 is 0 Å². The van der Waals surface area contributed by atoms with Crippen LogP contribution in [0.2, 0.25) is 0 Å². The highest BCUT2D eigenvalue weighted by molar-refractivity contribution is 5.76. The van der Waals surface area contributed by atoms with Gasteiger partial charge in [-0.1, -0.05) is 6.08 Å². The number of nitrogens with one attached hydrogen (secondary N) is 1. The smallest absolute Gasteiger partial charge is 0.311 e. The molecule has 5 atom stereocenters. The summed E-state index contributed by atoms with van der Waals surface area (Å²) in [6, 6.07) is -0.777. The predicted octanol–water partition coefficient (Wildman–Crippen LogP) is 1.74. The molecule has 0 radical (unpaired) electrons. The number of aliphatic hydroxyl groups excluding tert-OH is 1. The second kappa shape index (κ2) is 9.71. The maximum absolute atomic E-state index is 12.5. The van der Waals surface area contributed by atoms with Gasteiger partial charge in [-0.05, 0) is 48.0 Å². The molecule has 0 aliphatic carbocycles. The van der Waals surface area contributed by atoms with Gasteiger partial charge in [0, 0.05) is 6.92 Å². The second-order valence-corrected chi connectivity index (χ2v) is 9.42. The number of hydrogen-bond donors (Lipinski definition) is 2. The van der Waals surface area contributed by atoms with Gasteiger partial charge in [0.15, 0.2) is 6.10 Å². The lowest BCUT2D eigenvalue weighted by Crippen LogP contribution is -2.65. The lowest BCUT2D eigenvalue weighted by Gasteiger charge is -2.44. The molecule has 1 fully saturated rings. The van der Waals surface area contributed by atoms with E-state index < -0.39 is 53.2 Å². The van der Waals surface area contributed by atoms with Crippen molar-refractivity contribution in [1.82, 2.24) is 5.32 Å². The second-order valence-electron chi connectivity index (χ2n) is 9.42. The van der Waals surface area contributed by atoms with E-state index in [1.807, 2.05) is 0 Å². The molecule has 0 aromatic heterocycles. The minimum atomic E-state index is -1.30. The van der Waals surface area contributed by atoms with Crippen LogP contribution < -0.4 is 5.32 Å². The predicted molar refractivity (Wildman–Crippen MR) is 107 cm³/mol. The fraction of sp³-hybridized carbons (Fsp3) is 0.762. The molecule has 0 bridgehead atoms. The van der Waals surface area contributed by atoms with Gasteiger partial charge in [-0.25, -0.2) is 0 Å². The monoisotopic (exact) mass is 413 g/mol. The zero-order valence-electron chi connectivity index (χ0n) is 18.5. The minimum absolute atomic E-state index is 0.207. The minimum Gasteiger partial charge on any atom is -0.462 e. The molecule has 1 heterocycles. The molecule has 1 amide bonds. The van der Waals surface area contributed by atoms with E-state index in [1.165, 1.54) is 6.92 Å². The summed E-state index contributed by atoms with van der Waals surface area (Å²) in [4.78, 5) is 36.3. The van der Waals surface area contributed by atoms with E-state index in [0.717, 1.165) is 0 Å². The Kier molecular flexibility index (Phi) is 8.41. The number of ether oxygens (including phenoxy) is 3. The van der Waals surface area contributed by atoms with Gasteiger partial charge in [0.05, 0.1) is 23.0 Å². The normalized spacial score (nSPS) is 27.7. The summed E-state index contributed by atoms with van der Waals surface area (Å²) in [7, 11) is 0. The van der Waals surface area contributed by atoms with Gasteiger partial charge >= 0.3 is 11.9 Å². The molecule has 1 rings (SSSR count). The van der Waals surface area contributed by atoms with Gasteiger partial charge in [0.2, 0.25) is 5.91 Å². The molecule has 29 heavy (non-hydrogen) atoms. The molecule has 0 unspecified atom stereocenters. The third-order valence-corrected chi connectivity index (χ3v) is 4.44. The van der Waals surface area contributed by atoms with Gasteiger partial charge in [0.25, 0.3) is 0 Å². The van der Waals surface area contributed by atoms with E-state index in [-0.39, 0.29) is 12.5 Å². The molecule has 8 heteroatoms. The summed E-state index contributed by atoms with van der Waals surface area (Å²) in [6.07, 6.45) is -1.96. The third-order valence-electron chi connectivity index (χ3n) is 4.44. The van der Waals surface area contributed by atoms with Crippen molar-refractivity contribution in [1.29, 1.82) is 0 Å². The first-order valence-electron chi connectivity index (χ1n) is 9.78. The molecule has 1 aliphatic rings. The van der Waals surface area contributed by atoms with E-state index in [1.54, 1.807) is 47.6 Å². The molecule has 0 spiro atoms. The van der Waals surface area contributed by atoms with Crippen molar-refractivity contribution in [2.24, 2.45) is 10.8 Å². The largest absolute Gasteiger partial charge is 0.462 e. The molecule has 166 valence electrons. The third kappa shape index (κ3) is 7.12. The molecule has 0 aromatic rings. The summed E-state index contributed by atoms with van der Waals surface area (Å²) in [5, 5.41) is 13.6. The quantitative estimate of drug-likeness (QED) is 0.504. The van der Waals surface area contributed by atoms with Crippen LogP contribution in [0.4, 0.5) is 0 Å². The number of esters is 2. The Morgan fingerprint density at radius 3 is 2.07 bits per heavy atom. The van der Waals surface area contributed by atoms with Gasteiger partial charge in [-0.15, -0.1) is 6.58 Å². The van der Waals surface area contributed by atoms with E-state index in [4.69, 9.17) is 14.2 Å². The SMILES string of the molecule is C=CC[C@H]1O[C@H](COC(=O)C(C)(C)C)[C@@H](O)[C@H](OC(=O)C(C)(C)C)[C@H]1NC(C)=O. The summed E-state index contributed by atoms with van der Waals surface area (Å²) in [5.41, 5.74) is -1.52. The van der Waals surface area contributed by atoms with Crippen LogP contribution >= 0.6 is 0 Å². The molecule has 0 saturated carbocycles. The first kappa shape index (κ1) is 25.1. The molecular formula is C21H35NO7. The average Bonchev–Trinajstić information content (AvgIpc) is 2.56. The van der Waals surface area contributed by atoms with Crippen LogP contribution in [0.25, 0.3) is 0 Å². The molecule has 8 nitrogen and oxygen atoms in total. The zero-order valence-corrected chi connectivity index (χ0v) is 18.5. The fourth-order valence-electron chi connectivity index (χ4n) is 2.76. The Labute approximate surface area is 173 Å². The molecule has 1 aliphatic heterocycles. The number of hydrogen-bond acceptors (Lipinski definition) is 7. The number of carbonyl (C=O) groups excluding carboxylic acids is 3. The Bertz CT molecular complexity index is 617. The van der Waals surface area contributed by atoms with E-state index in [9.17, 15) is 19.5 Å². The number of aliphatic hydroxyl groups is 1. The maximum Gasteiger partial charge on any atom is 0.311 e. The Morgan fingerprint density at radius 2 is 1.62 bits per heavy atom. The summed E-state index contributed by atoms with van der Waals surface area (Å²) < 4.78 is 16.8. The molecule has 0 aromatic carbocycles. The Balaban J connectivity index is 3.13. The highest BCUT2D eigenvalue weighted by Gasteiger charge is 2.48. The van der Waals surface area contributed by atoms with Crippen molar-refractivity contribution in [3.63, 3.8) is 0 Å². The van der Waals surface area contributed by atoms with Gasteiger partial charge in [0.1, 0.15) is 18.8 Å². The van der Waals surface area contributed by atoms with Crippen LogP contribution in [0.1, 0.15) is 54.9 Å². The summed E-state index contributed by atoms with van der Waals surface area (Å²) >= 11 is 0. The van der Waals surface area contributed by atoms with Crippen molar-refractivity contribution in [3.05, 3.63) is 12.7 Å². The van der Waals surface area contributed by atoms with E-state index in [2.05, 4.69) is 11.9 Å². The number of carbonyl (C=O) groups is 3. The van der Waals surface area contributed by atoms with Gasteiger partial charge in [-0.3, -0.25) is 14.4 Å². The molecule has 2 N–H and O–H groups in total. The van der Waals surface area contributed by atoms with Crippen LogP contribution in [0.5, 0.6) is 0 Å². The van der Waals surface area contributed by atoms with E-state index in [0.29, 0.717) is 6.42 Å². The van der Waals surface area contributed by atoms with Crippen molar-refractivity contribution in [2.75, 3.05) is 6.61 Å². The Hall–Kier alpha value is -1.93. The van der Waals surface area contributed by atoms with Crippen molar-refractivity contribution in [3.8, 4) is 0 Å². The first-order valence-corrected chi connectivity index (χ1v) is 9.78. The summed E-state index contributed by atoms with van der Waals surface area (Å²) in [5.74, 6) is -1.32. The maximum atomic E-state index is 12.5. The Morgan fingerprint density at radius 1 is 1.07 bits per heavy atom.